The number of rotatable bonds is 7. The Morgan fingerprint density at radius 3 is 2.67 bits per heavy atom. The fourth-order valence-corrected chi connectivity index (χ4v) is 3.72. The SMILES string of the molecule is Cc1cnc(C(NC(=O)N[C@H](CCO)c2ccccc2)C2CC2)s1. The van der Waals surface area contributed by atoms with E-state index < -0.39 is 0 Å². The highest BCUT2D eigenvalue weighted by molar-refractivity contribution is 7.11. The zero-order valence-corrected chi connectivity index (χ0v) is 14.6. The van der Waals surface area contributed by atoms with Crippen LogP contribution < -0.4 is 10.6 Å². The number of carbonyl (C=O) groups is 1. The molecule has 2 amide bonds. The summed E-state index contributed by atoms with van der Waals surface area (Å²) in [6.45, 7) is 2.05. The molecule has 0 aliphatic heterocycles. The van der Waals surface area contributed by atoms with Gasteiger partial charge in [0.05, 0.1) is 12.1 Å². The van der Waals surface area contributed by atoms with Gasteiger partial charge in [-0.1, -0.05) is 30.3 Å². The van der Waals surface area contributed by atoms with E-state index in [4.69, 9.17) is 0 Å². The minimum absolute atomic E-state index is 0.0192. The van der Waals surface area contributed by atoms with Gasteiger partial charge in [0.2, 0.25) is 0 Å². The van der Waals surface area contributed by atoms with E-state index in [1.165, 1.54) is 0 Å². The molecule has 1 unspecified atom stereocenters. The molecule has 2 atom stereocenters. The van der Waals surface area contributed by atoms with Crippen LogP contribution in [0.25, 0.3) is 0 Å². The molecule has 3 rings (SSSR count). The Labute approximate surface area is 146 Å². The molecule has 0 spiro atoms. The predicted octanol–water partition coefficient (Wildman–Crippen LogP) is 3.33. The lowest BCUT2D eigenvalue weighted by atomic mass is 10.0. The number of thiazole rings is 1. The molecule has 0 radical (unpaired) electrons. The number of amides is 2. The van der Waals surface area contributed by atoms with E-state index in [1.54, 1.807) is 11.3 Å². The van der Waals surface area contributed by atoms with E-state index in [0.29, 0.717) is 12.3 Å². The normalized spacial score (nSPS) is 16.4. The van der Waals surface area contributed by atoms with E-state index in [1.807, 2.05) is 43.5 Å². The summed E-state index contributed by atoms with van der Waals surface area (Å²) in [4.78, 5) is 18.1. The predicted molar refractivity (Wildman–Crippen MR) is 94.9 cm³/mol. The highest BCUT2D eigenvalue weighted by Crippen LogP contribution is 2.42. The Balaban J connectivity index is 1.66. The van der Waals surface area contributed by atoms with Crippen LogP contribution in [-0.4, -0.2) is 22.7 Å². The maximum Gasteiger partial charge on any atom is 0.315 e. The van der Waals surface area contributed by atoms with Gasteiger partial charge in [-0.2, -0.15) is 0 Å². The number of hydrogen-bond acceptors (Lipinski definition) is 4. The van der Waals surface area contributed by atoms with Crippen LogP contribution in [0.1, 0.15) is 46.8 Å². The second kappa shape index (κ2) is 7.77. The fraction of sp³-hybridized carbons (Fsp3) is 0.444. The van der Waals surface area contributed by atoms with Gasteiger partial charge in [-0.25, -0.2) is 9.78 Å². The summed E-state index contributed by atoms with van der Waals surface area (Å²) < 4.78 is 0. The van der Waals surface area contributed by atoms with Crippen molar-refractivity contribution < 1.29 is 9.90 Å². The average molecular weight is 345 g/mol. The van der Waals surface area contributed by atoms with Crippen molar-refractivity contribution in [1.82, 2.24) is 15.6 Å². The van der Waals surface area contributed by atoms with Gasteiger partial charge in [0.1, 0.15) is 5.01 Å². The molecule has 1 fully saturated rings. The van der Waals surface area contributed by atoms with Crippen LogP contribution in [0.5, 0.6) is 0 Å². The van der Waals surface area contributed by atoms with E-state index in [9.17, 15) is 9.90 Å². The van der Waals surface area contributed by atoms with Crippen molar-refractivity contribution in [3.63, 3.8) is 0 Å². The summed E-state index contributed by atoms with van der Waals surface area (Å²) >= 11 is 1.64. The van der Waals surface area contributed by atoms with E-state index in [0.717, 1.165) is 28.3 Å². The lowest BCUT2D eigenvalue weighted by molar-refractivity contribution is 0.224. The zero-order chi connectivity index (χ0) is 16.9. The largest absolute Gasteiger partial charge is 0.396 e. The van der Waals surface area contributed by atoms with Crippen LogP contribution in [-0.2, 0) is 0 Å². The highest BCUT2D eigenvalue weighted by atomic mass is 32.1. The Morgan fingerprint density at radius 2 is 2.08 bits per heavy atom. The second-order valence-electron chi connectivity index (χ2n) is 6.22. The molecule has 3 N–H and O–H groups in total. The molecule has 0 saturated heterocycles. The van der Waals surface area contributed by atoms with Gasteiger partial charge in [0, 0.05) is 17.7 Å². The molecule has 1 aromatic carbocycles. The number of aliphatic hydroxyl groups is 1. The van der Waals surface area contributed by atoms with Crippen LogP contribution in [0, 0.1) is 12.8 Å². The van der Waals surface area contributed by atoms with Crippen molar-refractivity contribution in [2.75, 3.05) is 6.61 Å². The quantitative estimate of drug-likeness (QED) is 0.720. The zero-order valence-electron chi connectivity index (χ0n) is 13.7. The minimum Gasteiger partial charge on any atom is -0.396 e. The van der Waals surface area contributed by atoms with Crippen molar-refractivity contribution in [2.45, 2.75) is 38.3 Å². The molecule has 1 heterocycles. The first-order chi connectivity index (χ1) is 11.7. The van der Waals surface area contributed by atoms with Gasteiger partial charge in [-0.15, -0.1) is 11.3 Å². The summed E-state index contributed by atoms with van der Waals surface area (Å²) in [5.41, 5.74) is 0.995. The molecule has 6 heteroatoms. The van der Waals surface area contributed by atoms with E-state index >= 15 is 0 Å². The molecule has 1 saturated carbocycles. The van der Waals surface area contributed by atoms with Crippen molar-refractivity contribution in [3.05, 3.63) is 52.0 Å². The molecular formula is C18H23N3O2S. The van der Waals surface area contributed by atoms with Gasteiger partial charge in [-0.3, -0.25) is 0 Å². The molecule has 1 aliphatic rings. The molecule has 1 aliphatic carbocycles. The highest BCUT2D eigenvalue weighted by Gasteiger charge is 2.35. The summed E-state index contributed by atoms with van der Waals surface area (Å²) in [5, 5.41) is 16.3. The standard InChI is InChI=1S/C18H23N3O2S/c1-12-11-19-17(24-12)16(14-7-8-14)21-18(23)20-15(9-10-22)13-5-3-2-4-6-13/h2-6,11,14-16,22H,7-10H2,1H3,(H2,20,21,23)/t15-,16?/m1/s1. The number of aliphatic hydroxyl groups excluding tert-OH is 1. The van der Waals surface area contributed by atoms with Gasteiger partial charge in [-0.05, 0) is 37.7 Å². The first kappa shape index (κ1) is 16.9. The summed E-state index contributed by atoms with van der Waals surface area (Å²) in [6, 6.07) is 9.31. The second-order valence-corrected chi connectivity index (χ2v) is 7.48. The average Bonchev–Trinajstić information content (AvgIpc) is 3.34. The van der Waals surface area contributed by atoms with E-state index in [-0.39, 0.29) is 24.7 Å². The molecule has 128 valence electrons. The fourth-order valence-electron chi connectivity index (χ4n) is 2.80. The van der Waals surface area contributed by atoms with Crippen molar-refractivity contribution >= 4 is 17.4 Å². The first-order valence-corrected chi connectivity index (χ1v) is 9.14. The molecule has 2 aromatic rings. The number of benzene rings is 1. The minimum atomic E-state index is -0.206. The van der Waals surface area contributed by atoms with Gasteiger partial charge >= 0.3 is 6.03 Å². The van der Waals surface area contributed by atoms with Crippen molar-refractivity contribution in [2.24, 2.45) is 5.92 Å². The first-order valence-electron chi connectivity index (χ1n) is 8.32. The Morgan fingerprint density at radius 1 is 1.33 bits per heavy atom. The number of aromatic nitrogens is 1. The number of urea groups is 1. The van der Waals surface area contributed by atoms with Crippen LogP contribution >= 0.6 is 11.3 Å². The molecule has 5 nitrogen and oxygen atoms in total. The smallest absolute Gasteiger partial charge is 0.315 e. The molecule has 24 heavy (non-hydrogen) atoms. The Hall–Kier alpha value is -1.92. The maximum atomic E-state index is 12.5. The van der Waals surface area contributed by atoms with Gasteiger partial charge in [0.15, 0.2) is 0 Å². The van der Waals surface area contributed by atoms with Gasteiger partial charge in [0.25, 0.3) is 0 Å². The third kappa shape index (κ3) is 4.33. The third-order valence-corrected chi connectivity index (χ3v) is 5.21. The molecular weight excluding hydrogens is 322 g/mol. The van der Waals surface area contributed by atoms with Crippen LogP contribution in [0.3, 0.4) is 0 Å². The number of hydrogen-bond donors (Lipinski definition) is 3. The van der Waals surface area contributed by atoms with Crippen LogP contribution in [0.15, 0.2) is 36.5 Å². The monoisotopic (exact) mass is 345 g/mol. The lowest BCUT2D eigenvalue weighted by Crippen LogP contribution is -2.40. The number of nitrogens with one attached hydrogen (secondary N) is 2. The maximum absolute atomic E-state index is 12.5. The summed E-state index contributed by atoms with van der Waals surface area (Å²) in [7, 11) is 0. The Kier molecular flexibility index (Phi) is 5.48. The van der Waals surface area contributed by atoms with Crippen LogP contribution in [0.4, 0.5) is 4.79 Å². The van der Waals surface area contributed by atoms with Crippen molar-refractivity contribution in [1.29, 1.82) is 0 Å². The molecule has 0 bridgehead atoms. The number of carbonyl (C=O) groups excluding carboxylic acids is 1. The third-order valence-electron chi connectivity index (χ3n) is 4.21. The van der Waals surface area contributed by atoms with Gasteiger partial charge < -0.3 is 15.7 Å². The van der Waals surface area contributed by atoms with Crippen LogP contribution in [0.2, 0.25) is 0 Å². The summed E-state index contributed by atoms with van der Waals surface area (Å²) in [6.07, 6.45) is 4.60. The Bertz CT molecular complexity index is 670. The topological polar surface area (TPSA) is 74.2 Å². The van der Waals surface area contributed by atoms with Crippen molar-refractivity contribution in [3.8, 4) is 0 Å². The summed E-state index contributed by atoms with van der Waals surface area (Å²) in [5.74, 6) is 0.481. The number of aryl methyl sites for hydroxylation is 1. The lowest BCUT2D eigenvalue weighted by Gasteiger charge is -2.22. The van der Waals surface area contributed by atoms with E-state index in [2.05, 4.69) is 15.6 Å². The molecule has 1 aromatic heterocycles. The number of nitrogens with zero attached hydrogens (tertiary/aromatic N) is 1.